The molecular formula is C16H20O3S. The summed E-state index contributed by atoms with van der Waals surface area (Å²) in [7, 11) is -1.29. The lowest BCUT2D eigenvalue weighted by Crippen LogP contribution is -2.05. The zero-order valence-electron chi connectivity index (χ0n) is 12.1. The summed E-state index contributed by atoms with van der Waals surface area (Å²) in [5.41, 5.74) is 3.32. The van der Waals surface area contributed by atoms with Gasteiger partial charge in [0.1, 0.15) is 0 Å². The van der Waals surface area contributed by atoms with Crippen LogP contribution < -0.4 is 0 Å². The minimum absolute atomic E-state index is 0.322. The molecule has 0 amide bonds. The summed E-state index contributed by atoms with van der Waals surface area (Å²) >= 11 is 0. The molecule has 108 valence electrons. The van der Waals surface area contributed by atoms with Crippen molar-refractivity contribution in [3.63, 3.8) is 0 Å². The maximum Gasteiger partial charge on any atom is 0.341 e. The van der Waals surface area contributed by atoms with Gasteiger partial charge < -0.3 is 4.74 Å². The van der Waals surface area contributed by atoms with E-state index in [1.165, 1.54) is 0 Å². The second-order valence-electron chi connectivity index (χ2n) is 4.23. The highest BCUT2D eigenvalue weighted by atomic mass is 32.2. The fourth-order valence-electron chi connectivity index (χ4n) is 1.61. The number of benzene rings is 1. The first-order chi connectivity index (χ1) is 9.60. The van der Waals surface area contributed by atoms with Crippen LogP contribution in [0.2, 0.25) is 0 Å². The van der Waals surface area contributed by atoms with Gasteiger partial charge in [0.05, 0.1) is 27.9 Å². The third-order valence-corrected chi connectivity index (χ3v) is 4.02. The third kappa shape index (κ3) is 4.80. The molecule has 1 aromatic carbocycles. The van der Waals surface area contributed by atoms with Crippen molar-refractivity contribution in [2.24, 2.45) is 0 Å². The summed E-state index contributed by atoms with van der Waals surface area (Å²) in [6.07, 6.45) is 1.48. The highest BCUT2D eigenvalue weighted by molar-refractivity contribution is 7.89. The van der Waals surface area contributed by atoms with E-state index in [9.17, 15) is 9.00 Å². The first-order valence-corrected chi connectivity index (χ1v) is 7.85. The summed E-state index contributed by atoms with van der Waals surface area (Å²) in [5, 5.41) is 0. The average molecular weight is 292 g/mol. The van der Waals surface area contributed by atoms with Crippen LogP contribution in [0.3, 0.4) is 0 Å². The van der Waals surface area contributed by atoms with E-state index >= 15 is 0 Å². The van der Waals surface area contributed by atoms with Crippen LogP contribution in [0.4, 0.5) is 0 Å². The molecule has 1 unspecified atom stereocenters. The van der Waals surface area contributed by atoms with Gasteiger partial charge in [-0.2, -0.15) is 0 Å². The Kier molecular flexibility index (Phi) is 6.99. The molecule has 3 nitrogen and oxygen atoms in total. The predicted octanol–water partition coefficient (Wildman–Crippen LogP) is 3.59. The van der Waals surface area contributed by atoms with Gasteiger partial charge >= 0.3 is 5.97 Å². The van der Waals surface area contributed by atoms with Crippen LogP contribution in [0.1, 0.15) is 33.6 Å². The molecule has 0 aromatic heterocycles. The summed E-state index contributed by atoms with van der Waals surface area (Å²) in [4.78, 5) is 13.0. The van der Waals surface area contributed by atoms with E-state index in [-0.39, 0.29) is 0 Å². The van der Waals surface area contributed by atoms with Crippen LogP contribution in [0.5, 0.6) is 0 Å². The standard InChI is InChI=1S/C16H20O3S/c1-4-9-15(12-13(3)16(17)19-5-2)20(18)14-10-7-6-8-11-14/h6-8,10-11H,4-5,9H2,1-3H3. The van der Waals surface area contributed by atoms with Crippen LogP contribution in [-0.4, -0.2) is 16.8 Å². The fourth-order valence-corrected chi connectivity index (χ4v) is 2.94. The molecule has 0 heterocycles. The van der Waals surface area contributed by atoms with Crippen LogP contribution in [0.15, 0.2) is 51.4 Å². The van der Waals surface area contributed by atoms with Crippen molar-refractivity contribution in [3.05, 3.63) is 46.5 Å². The van der Waals surface area contributed by atoms with Crippen LogP contribution in [0, 0.1) is 0 Å². The van der Waals surface area contributed by atoms with Crippen LogP contribution in [0.25, 0.3) is 0 Å². The first kappa shape index (κ1) is 16.4. The molecule has 0 N–H and O–H groups in total. The highest BCUT2D eigenvalue weighted by Crippen LogP contribution is 2.18. The lowest BCUT2D eigenvalue weighted by molar-refractivity contribution is -0.138. The Balaban J connectivity index is 3.14. The lowest BCUT2D eigenvalue weighted by Gasteiger charge is -2.05. The van der Waals surface area contributed by atoms with Gasteiger partial charge in [0.2, 0.25) is 0 Å². The quantitative estimate of drug-likeness (QED) is 0.457. The number of hydrogen-bond donors (Lipinski definition) is 0. The number of hydrogen-bond acceptors (Lipinski definition) is 3. The largest absolute Gasteiger partial charge is 0.462 e. The number of carbonyl (C=O) groups is 1. The second kappa shape index (κ2) is 8.51. The predicted molar refractivity (Wildman–Crippen MR) is 80.6 cm³/mol. The molecule has 4 heteroatoms. The van der Waals surface area contributed by atoms with Crippen molar-refractivity contribution in [1.29, 1.82) is 0 Å². The molecule has 0 spiro atoms. The highest BCUT2D eigenvalue weighted by Gasteiger charge is 2.11. The van der Waals surface area contributed by atoms with E-state index in [0.29, 0.717) is 23.5 Å². The number of esters is 1. The Morgan fingerprint density at radius 1 is 1.25 bits per heavy atom. The van der Waals surface area contributed by atoms with Gasteiger partial charge in [0, 0.05) is 4.90 Å². The maximum absolute atomic E-state index is 12.5. The normalized spacial score (nSPS) is 11.3. The Morgan fingerprint density at radius 2 is 1.90 bits per heavy atom. The zero-order chi connectivity index (χ0) is 15.0. The molecule has 20 heavy (non-hydrogen) atoms. The fraction of sp³-hybridized carbons (Fsp3) is 0.375. The van der Waals surface area contributed by atoms with E-state index < -0.39 is 16.8 Å². The minimum atomic E-state index is -1.29. The van der Waals surface area contributed by atoms with E-state index in [4.69, 9.17) is 4.74 Å². The van der Waals surface area contributed by atoms with Gasteiger partial charge in [-0.3, -0.25) is 0 Å². The van der Waals surface area contributed by atoms with Crippen molar-refractivity contribution in [2.75, 3.05) is 6.61 Å². The SMILES string of the molecule is CCCC(=C=C(C)C(=O)OCC)S(=O)c1ccccc1. The van der Waals surface area contributed by atoms with Crippen molar-refractivity contribution in [1.82, 2.24) is 0 Å². The smallest absolute Gasteiger partial charge is 0.341 e. The molecule has 0 saturated heterocycles. The zero-order valence-corrected chi connectivity index (χ0v) is 13.0. The van der Waals surface area contributed by atoms with Gasteiger partial charge in [-0.05, 0) is 32.4 Å². The van der Waals surface area contributed by atoms with Crippen LogP contribution >= 0.6 is 0 Å². The maximum atomic E-state index is 12.5. The van der Waals surface area contributed by atoms with E-state index in [1.54, 1.807) is 13.8 Å². The minimum Gasteiger partial charge on any atom is -0.462 e. The van der Waals surface area contributed by atoms with E-state index in [1.807, 2.05) is 37.3 Å². The van der Waals surface area contributed by atoms with Crippen molar-refractivity contribution in [2.45, 2.75) is 38.5 Å². The van der Waals surface area contributed by atoms with Crippen molar-refractivity contribution in [3.8, 4) is 0 Å². The third-order valence-electron chi connectivity index (χ3n) is 2.57. The summed E-state index contributed by atoms with van der Waals surface area (Å²) in [6, 6.07) is 9.20. The topological polar surface area (TPSA) is 43.4 Å². The number of carbonyl (C=O) groups excluding carboxylic acids is 1. The Labute approximate surface area is 122 Å². The molecule has 1 aromatic rings. The molecule has 1 atom stereocenters. The van der Waals surface area contributed by atoms with Crippen molar-refractivity contribution < 1.29 is 13.7 Å². The van der Waals surface area contributed by atoms with E-state index in [2.05, 4.69) is 5.73 Å². The van der Waals surface area contributed by atoms with E-state index in [0.717, 1.165) is 11.3 Å². The molecule has 0 aliphatic heterocycles. The second-order valence-corrected chi connectivity index (χ2v) is 5.73. The van der Waals surface area contributed by atoms with Crippen LogP contribution in [-0.2, 0) is 20.3 Å². The first-order valence-electron chi connectivity index (χ1n) is 6.70. The van der Waals surface area contributed by atoms with Gasteiger partial charge in [-0.25, -0.2) is 9.00 Å². The Morgan fingerprint density at radius 3 is 2.45 bits per heavy atom. The summed E-state index contributed by atoms with van der Waals surface area (Å²) in [6.45, 7) is 5.71. The molecule has 0 fully saturated rings. The van der Waals surface area contributed by atoms with Gasteiger partial charge in [-0.15, -0.1) is 0 Å². The lowest BCUT2D eigenvalue weighted by atomic mass is 10.2. The van der Waals surface area contributed by atoms with Gasteiger partial charge in [0.25, 0.3) is 0 Å². The summed E-state index contributed by atoms with van der Waals surface area (Å²) < 4.78 is 17.4. The molecule has 0 radical (unpaired) electrons. The molecule has 0 saturated carbocycles. The Hall–Kier alpha value is -1.64. The Bertz CT molecular complexity index is 540. The molecular weight excluding hydrogens is 272 g/mol. The number of rotatable bonds is 6. The van der Waals surface area contributed by atoms with Gasteiger partial charge in [0.15, 0.2) is 0 Å². The molecule has 0 bridgehead atoms. The summed E-state index contributed by atoms with van der Waals surface area (Å²) in [5.74, 6) is -0.411. The monoisotopic (exact) mass is 292 g/mol. The molecule has 1 rings (SSSR count). The van der Waals surface area contributed by atoms with Gasteiger partial charge in [-0.1, -0.05) is 37.3 Å². The average Bonchev–Trinajstić information content (AvgIpc) is 2.47. The van der Waals surface area contributed by atoms with Crippen molar-refractivity contribution >= 4 is 16.8 Å². The number of ether oxygens (including phenoxy) is 1. The molecule has 0 aliphatic rings. The molecule has 0 aliphatic carbocycles.